The van der Waals surface area contributed by atoms with Crippen molar-refractivity contribution in [3.8, 4) is 0 Å². The van der Waals surface area contributed by atoms with Gasteiger partial charge in [0, 0.05) is 19.7 Å². The van der Waals surface area contributed by atoms with Gasteiger partial charge in [-0.25, -0.2) is 4.39 Å². The number of ether oxygens (including phenoxy) is 1. The summed E-state index contributed by atoms with van der Waals surface area (Å²) in [7, 11) is 1.48. The van der Waals surface area contributed by atoms with E-state index in [0.717, 1.165) is 6.07 Å². The lowest BCUT2D eigenvalue weighted by Crippen LogP contribution is -2.18. The highest BCUT2D eigenvalue weighted by Gasteiger charge is 2.10. The number of hydrogen-bond acceptors (Lipinski definition) is 5. The minimum Gasteiger partial charge on any atom is -0.391 e. The minimum absolute atomic E-state index is 0.171. The van der Waals surface area contributed by atoms with Crippen molar-refractivity contribution in [2.24, 2.45) is 0 Å². The van der Waals surface area contributed by atoms with Gasteiger partial charge in [-0.15, -0.1) is 0 Å². The van der Waals surface area contributed by atoms with Gasteiger partial charge in [-0.3, -0.25) is 10.1 Å². The summed E-state index contributed by atoms with van der Waals surface area (Å²) >= 11 is 0. The number of aliphatic hydroxyl groups excluding tert-OH is 1. The monoisotopic (exact) mass is 258 g/mol. The van der Waals surface area contributed by atoms with Crippen molar-refractivity contribution in [2.45, 2.75) is 12.5 Å². The zero-order valence-corrected chi connectivity index (χ0v) is 9.93. The fourth-order valence-electron chi connectivity index (χ4n) is 1.41. The molecule has 0 aliphatic rings. The molecule has 0 aromatic heterocycles. The van der Waals surface area contributed by atoms with Gasteiger partial charge in [0.05, 0.1) is 29.4 Å². The summed E-state index contributed by atoms with van der Waals surface area (Å²) in [6.45, 7) is 0.559. The summed E-state index contributed by atoms with van der Waals surface area (Å²) in [6.07, 6.45) is -0.229. The Morgan fingerprint density at radius 1 is 1.61 bits per heavy atom. The molecule has 0 spiro atoms. The Labute approximate surface area is 104 Å². The molecule has 0 saturated carbocycles. The maximum atomic E-state index is 13.4. The Bertz CT molecular complexity index is 414. The Hall–Kier alpha value is -1.73. The van der Waals surface area contributed by atoms with Gasteiger partial charge in [0.1, 0.15) is 0 Å². The third kappa shape index (κ3) is 4.27. The highest BCUT2D eigenvalue weighted by Crippen LogP contribution is 2.20. The molecule has 0 aliphatic carbocycles. The van der Waals surface area contributed by atoms with Gasteiger partial charge in [-0.05, 0) is 12.5 Å². The number of nitrogens with one attached hydrogen (secondary N) is 1. The van der Waals surface area contributed by atoms with Gasteiger partial charge in [0.2, 0.25) is 0 Å². The molecule has 0 fully saturated rings. The van der Waals surface area contributed by atoms with E-state index in [2.05, 4.69) is 5.32 Å². The lowest BCUT2D eigenvalue weighted by molar-refractivity contribution is -0.385. The van der Waals surface area contributed by atoms with Crippen molar-refractivity contribution >= 4 is 11.4 Å². The Kier molecular flexibility index (Phi) is 5.47. The molecule has 0 amide bonds. The van der Waals surface area contributed by atoms with Crippen molar-refractivity contribution in [2.75, 3.05) is 25.6 Å². The maximum absolute atomic E-state index is 13.4. The van der Waals surface area contributed by atoms with Crippen LogP contribution in [-0.4, -0.2) is 36.4 Å². The van der Waals surface area contributed by atoms with Crippen LogP contribution in [0.3, 0.4) is 0 Å². The number of halogens is 1. The molecule has 1 aromatic rings. The SMILES string of the molecule is COCC(O)CCNc1ccc([N+](=O)[O-])cc1F. The van der Waals surface area contributed by atoms with E-state index in [0.29, 0.717) is 13.0 Å². The van der Waals surface area contributed by atoms with E-state index in [4.69, 9.17) is 4.74 Å². The first-order valence-electron chi connectivity index (χ1n) is 5.39. The second-order valence-corrected chi connectivity index (χ2v) is 3.75. The normalized spacial score (nSPS) is 12.2. The van der Waals surface area contributed by atoms with E-state index in [1.807, 2.05) is 0 Å². The molecule has 7 heteroatoms. The van der Waals surface area contributed by atoms with Gasteiger partial charge in [0.25, 0.3) is 5.69 Å². The molecule has 1 aromatic carbocycles. The lowest BCUT2D eigenvalue weighted by atomic mass is 10.2. The number of nitro benzene ring substituents is 1. The fraction of sp³-hybridized carbons (Fsp3) is 0.455. The highest BCUT2D eigenvalue weighted by atomic mass is 19.1. The van der Waals surface area contributed by atoms with Crippen LogP contribution in [0.15, 0.2) is 18.2 Å². The van der Waals surface area contributed by atoms with Crippen LogP contribution in [0.5, 0.6) is 0 Å². The summed E-state index contributed by atoms with van der Waals surface area (Å²) in [5.41, 5.74) is -0.123. The maximum Gasteiger partial charge on any atom is 0.272 e. The average Bonchev–Trinajstić information content (AvgIpc) is 2.31. The first-order valence-corrected chi connectivity index (χ1v) is 5.39. The van der Waals surface area contributed by atoms with Crippen LogP contribution in [0.25, 0.3) is 0 Å². The summed E-state index contributed by atoms with van der Waals surface area (Å²) in [5.74, 6) is -0.689. The van der Waals surface area contributed by atoms with Crippen LogP contribution in [0.1, 0.15) is 6.42 Å². The molecule has 0 radical (unpaired) electrons. The zero-order chi connectivity index (χ0) is 13.5. The second kappa shape index (κ2) is 6.87. The molecule has 0 saturated heterocycles. The van der Waals surface area contributed by atoms with Crippen LogP contribution in [-0.2, 0) is 4.74 Å². The molecule has 0 bridgehead atoms. The van der Waals surface area contributed by atoms with E-state index >= 15 is 0 Å². The quantitative estimate of drug-likeness (QED) is 0.572. The third-order valence-electron chi connectivity index (χ3n) is 2.32. The Morgan fingerprint density at radius 2 is 2.33 bits per heavy atom. The van der Waals surface area contributed by atoms with Crippen LogP contribution in [0, 0.1) is 15.9 Å². The molecule has 0 aliphatic heterocycles. The van der Waals surface area contributed by atoms with Gasteiger partial charge < -0.3 is 15.2 Å². The Balaban J connectivity index is 2.50. The summed E-state index contributed by atoms with van der Waals surface area (Å²) in [5, 5.41) is 22.5. The third-order valence-corrected chi connectivity index (χ3v) is 2.32. The number of nitrogens with zero attached hydrogens (tertiary/aromatic N) is 1. The van der Waals surface area contributed by atoms with Gasteiger partial charge in [-0.1, -0.05) is 0 Å². The number of rotatable bonds is 7. The molecule has 18 heavy (non-hydrogen) atoms. The second-order valence-electron chi connectivity index (χ2n) is 3.75. The number of benzene rings is 1. The summed E-state index contributed by atoms with van der Waals surface area (Å²) in [6, 6.07) is 3.38. The smallest absolute Gasteiger partial charge is 0.272 e. The van der Waals surface area contributed by atoms with Gasteiger partial charge in [-0.2, -0.15) is 0 Å². The van der Waals surface area contributed by atoms with Crippen LogP contribution in [0.4, 0.5) is 15.8 Å². The van der Waals surface area contributed by atoms with E-state index in [1.165, 1.54) is 19.2 Å². The fourth-order valence-corrected chi connectivity index (χ4v) is 1.41. The summed E-state index contributed by atoms with van der Waals surface area (Å²) < 4.78 is 18.2. The van der Waals surface area contributed by atoms with Crippen LogP contribution >= 0.6 is 0 Å². The van der Waals surface area contributed by atoms with Crippen molar-refractivity contribution in [1.29, 1.82) is 0 Å². The highest BCUT2D eigenvalue weighted by molar-refractivity contribution is 5.50. The van der Waals surface area contributed by atoms with Gasteiger partial charge in [0.15, 0.2) is 5.82 Å². The Morgan fingerprint density at radius 3 is 2.89 bits per heavy atom. The standard InChI is InChI=1S/C11H15FN2O4/c1-18-7-9(15)4-5-13-11-3-2-8(14(16)17)6-10(11)12/h2-3,6,9,13,15H,4-5,7H2,1H3. The van der Waals surface area contributed by atoms with Gasteiger partial charge >= 0.3 is 0 Å². The molecule has 2 N–H and O–H groups in total. The molecule has 100 valence electrons. The number of non-ortho nitro benzene ring substituents is 1. The lowest BCUT2D eigenvalue weighted by Gasteiger charge is -2.11. The van der Waals surface area contributed by atoms with E-state index < -0.39 is 16.8 Å². The molecule has 1 atom stereocenters. The van der Waals surface area contributed by atoms with E-state index in [1.54, 1.807) is 0 Å². The minimum atomic E-state index is -0.689. The topological polar surface area (TPSA) is 84.6 Å². The number of anilines is 1. The predicted octanol–water partition coefficient (Wildman–Crippen LogP) is 1.54. The zero-order valence-electron chi connectivity index (χ0n) is 9.93. The summed E-state index contributed by atoms with van der Waals surface area (Å²) in [4.78, 5) is 9.75. The molecular formula is C11H15FN2O4. The molecule has 1 unspecified atom stereocenters. The first-order chi connectivity index (χ1) is 8.54. The number of aliphatic hydroxyl groups is 1. The van der Waals surface area contributed by atoms with Crippen molar-refractivity contribution in [3.63, 3.8) is 0 Å². The number of methoxy groups -OCH3 is 1. The van der Waals surface area contributed by atoms with Crippen LogP contribution in [0.2, 0.25) is 0 Å². The van der Waals surface area contributed by atoms with E-state index in [-0.39, 0.29) is 18.0 Å². The van der Waals surface area contributed by atoms with E-state index in [9.17, 15) is 19.6 Å². The largest absolute Gasteiger partial charge is 0.391 e. The molecular weight excluding hydrogens is 243 g/mol. The predicted molar refractivity (Wildman–Crippen MR) is 64.0 cm³/mol. The average molecular weight is 258 g/mol. The molecule has 1 rings (SSSR count). The molecule has 6 nitrogen and oxygen atoms in total. The number of nitro groups is 1. The van der Waals surface area contributed by atoms with Crippen molar-refractivity contribution in [1.82, 2.24) is 0 Å². The number of hydrogen-bond donors (Lipinski definition) is 2. The van der Waals surface area contributed by atoms with Crippen molar-refractivity contribution in [3.05, 3.63) is 34.1 Å². The van der Waals surface area contributed by atoms with Crippen LogP contribution < -0.4 is 5.32 Å². The van der Waals surface area contributed by atoms with Crippen molar-refractivity contribution < 1.29 is 19.2 Å². The molecule has 0 heterocycles. The first kappa shape index (κ1) is 14.3.